The SMILES string of the molecule is CN(C(N)=O)[C@@H]1CCC(Cc2ccccc2)CN1. The molecular formula is C14H21N3O. The van der Waals surface area contributed by atoms with Crippen LogP contribution in [0.5, 0.6) is 0 Å². The summed E-state index contributed by atoms with van der Waals surface area (Å²) in [6.45, 7) is 0.942. The number of carbonyl (C=O) groups is 1. The highest BCUT2D eigenvalue weighted by molar-refractivity contribution is 5.71. The van der Waals surface area contributed by atoms with Gasteiger partial charge in [0.25, 0.3) is 0 Å². The maximum Gasteiger partial charge on any atom is 0.315 e. The molecule has 1 aromatic carbocycles. The number of primary amides is 1. The molecule has 0 spiro atoms. The lowest BCUT2D eigenvalue weighted by Crippen LogP contribution is -2.52. The molecule has 18 heavy (non-hydrogen) atoms. The quantitative estimate of drug-likeness (QED) is 0.851. The topological polar surface area (TPSA) is 58.4 Å². The highest BCUT2D eigenvalue weighted by atomic mass is 16.2. The summed E-state index contributed by atoms with van der Waals surface area (Å²) in [5, 5.41) is 3.40. The molecule has 3 N–H and O–H groups in total. The summed E-state index contributed by atoms with van der Waals surface area (Å²) < 4.78 is 0. The summed E-state index contributed by atoms with van der Waals surface area (Å²) in [5.41, 5.74) is 6.65. The van der Waals surface area contributed by atoms with Crippen molar-refractivity contribution in [2.45, 2.75) is 25.4 Å². The minimum atomic E-state index is -0.367. The van der Waals surface area contributed by atoms with Crippen LogP contribution in [0, 0.1) is 5.92 Å². The van der Waals surface area contributed by atoms with Crippen molar-refractivity contribution in [3.8, 4) is 0 Å². The Morgan fingerprint density at radius 1 is 1.39 bits per heavy atom. The Morgan fingerprint density at radius 3 is 2.67 bits per heavy atom. The highest BCUT2D eigenvalue weighted by Crippen LogP contribution is 2.20. The van der Waals surface area contributed by atoms with Crippen LogP contribution in [0.2, 0.25) is 0 Å². The Morgan fingerprint density at radius 2 is 2.11 bits per heavy atom. The second-order valence-electron chi connectivity index (χ2n) is 5.01. The summed E-state index contributed by atoms with van der Waals surface area (Å²) in [7, 11) is 1.75. The Kier molecular flexibility index (Phi) is 4.20. The smallest absolute Gasteiger partial charge is 0.315 e. The lowest BCUT2D eigenvalue weighted by molar-refractivity contribution is 0.156. The summed E-state index contributed by atoms with van der Waals surface area (Å²) in [6.07, 6.45) is 3.29. The zero-order chi connectivity index (χ0) is 13.0. The van der Waals surface area contributed by atoms with Crippen LogP contribution in [0.25, 0.3) is 0 Å². The van der Waals surface area contributed by atoms with E-state index in [1.807, 2.05) is 6.07 Å². The average molecular weight is 247 g/mol. The molecule has 2 rings (SSSR count). The monoisotopic (exact) mass is 247 g/mol. The fraction of sp³-hybridized carbons (Fsp3) is 0.500. The van der Waals surface area contributed by atoms with Crippen molar-refractivity contribution >= 4 is 6.03 Å². The van der Waals surface area contributed by atoms with E-state index in [4.69, 9.17) is 5.73 Å². The van der Waals surface area contributed by atoms with Crippen LogP contribution in [-0.4, -0.2) is 30.7 Å². The van der Waals surface area contributed by atoms with Gasteiger partial charge in [0, 0.05) is 13.6 Å². The van der Waals surface area contributed by atoms with Gasteiger partial charge >= 0.3 is 6.03 Å². The number of rotatable bonds is 3. The van der Waals surface area contributed by atoms with Gasteiger partial charge in [0.1, 0.15) is 0 Å². The van der Waals surface area contributed by atoms with E-state index in [9.17, 15) is 4.79 Å². The van der Waals surface area contributed by atoms with E-state index in [1.165, 1.54) is 5.56 Å². The molecule has 2 amide bonds. The number of benzene rings is 1. The van der Waals surface area contributed by atoms with Crippen molar-refractivity contribution in [3.05, 3.63) is 35.9 Å². The van der Waals surface area contributed by atoms with Gasteiger partial charge in [-0.3, -0.25) is 5.32 Å². The van der Waals surface area contributed by atoms with Crippen LogP contribution in [0.3, 0.4) is 0 Å². The highest BCUT2D eigenvalue weighted by Gasteiger charge is 2.24. The zero-order valence-corrected chi connectivity index (χ0v) is 10.8. The van der Waals surface area contributed by atoms with Crippen molar-refractivity contribution in [1.82, 2.24) is 10.2 Å². The third kappa shape index (κ3) is 3.23. The van der Waals surface area contributed by atoms with Crippen molar-refractivity contribution in [2.75, 3.05) is 13.6 Å². The maximum absolute atomic E-state index is 11.1. The van der Waals surface area contributed by atoms with Crippen LogP contribution < -0.4 is 11.1 Å². The van der Waals surface area contributed by atoms with Gasteiger partial charge in [0.2, 0.25) is 0 Å². The molecule has 0 bridgehead atoms. The van der Waals surface area contributed by atoms with Gasteiger partial charge in [-0.2, -0.15) is 0 Å². The fourth-order valence-corrected chi connectivity index (χ4v) is 2.51. The van der Waals surface area contributed by atoms with E-state index in [0.717, 1.165) is 25.8 Å². The summed E-state index contributed by atoms with van der Waals surface area (Å²) in [4.78, 5) is 12.7. The van der Waals surface area contributed by atoms with Crippen molar-refractivity contribution in [2.24, 2.45) is 11.7 Å². The number of hydrogen-bond donors (Lipinski definition) is 2. The first kappa shape index (κ1) is 12.9. The van der Waals surface area contributed by atoms with Crippen molar-refractivity contribution in [1.29, 1.82) is 0 Å². The summed E-state index contributed by atoms with van der Waals surface area (Å²) in [5.74, 6) is 0.643. The van der Waals surface area contributed by atoms with E-state index in [0.29, 0.717) is 5.92 Å². The maximum atomic E-state index is 11.1. The molecule has 1 heterocycles. The molecule has 1 aromatic rings. The molecule has 2 atom stereocenters. The Hall–Kier alpha value is -1.55. The number of nitrogens with two attached hydrogens (primary N) is 1. The van der Waals surface area contributed by atoms with E-state index < -0.39 is 0 Å². The lowest BCUT2D eigenvalue weighted by Gasteiger charge is -2.34. The van der Waals surface area contributed by atoms with Gasteiger partial charge in [0.05, 0.1) is 6.17 Å². The first-order valence-electron chi connectivity index (χ1n) is 6.46. The normalized spacial score (nSPS) is 23.6. The predicted octanol–water partition coefficient (Wildman–Crippen LogP) is 1.57. The second-order valence-corrected chi connectivity index (χ2v) is 5.01. The molecule has 1 aliphatic heterocycles. The van der Waals surface area contributed by atoms with E-state index in [-0.39, 0.29) is 12.2 Å². The minimum Gasteiger partial charge on any atom is -0.351 e. The number of amides is 2. The number of nitrogens with one attached hydrogen (secondary N) is 1. The Bertz CT molecular complexity index is 385. The van der Waals surface area contributed by atoms with Crippen molar-refractivity contribution < 1.29 is 4.79 Å². The molecule has 0 aromatic heterocycles. The standard InChI is InChI=1S/C14H21N3O/c1-17(14(15)18)13-8-7-12(10-16-13)9-11-5-3-2-4-6-11/h2-6,12-13,16H,7-10H2,1H3,(H2,15,18)/t12?,13-/m1/s1. The van der Waals surface area contributed by atoms with E-state index in [1.54, 1.807) is 11.9 Å². The first-order valence-corrected chi connectivity index (χ1v) is 6.46. The fourth-order valence-electron chi connectivity index (χ4n) is 2.51. The molecule has 1 aliphatic rings. The molecule has 98 valence electrons. The molecule has 1 unspecified atom stereocenters. The second kappa shape index (κ2) is 5.87. The van der Waals surface area contributed by atoms with E-state index in [2.05, 4.69) is 29.6 Å². The lowest BCUT2D eigenvalue weighted by atomic mass is 9.91. The van der Waals surface area contributed by atoms with Gasteiger partial charge < -0.3 is 10.6 Å². The van der Waals surface area contributed by atoms with Crippen molar-refractivity contribution in [3.63, 3.8) is 0 Å². The van der Waals surface area contributed by atoms with Gasteiger partial charge in [-0.15, -0.1) is 0 Å². The Labute approximate surface area is 108 Å². The molecule has 0 radical (unpaired) electrons. The summed E-state index contributed by atoms with van der Waals surface area (Å²) >= 11 is 0. The Balaban J connectivity index is 1.82. The van der Waals surface area contributed by atoms with Crippen LogP contribution in [-0.2, 0) is 6.42 Å². The van der Waals surface area contributed by atoms with Crippen LogP contribution in [0.15, 0.2) is 30.3 Å². The third-order valence-electron chi connectivity index (χ3n) is 3.67. The third-order valence-corrected chi connectivity index (χ3v) is 3.67. The van der Waals surface area contributed by atoms with Gasteiger partial charge in [-0.05, 0) is 30.7 Å². The van der Waals surface area contributed by atoms with Gasteiger partial charge in [-0.1, -0.05) is 30.3 Å². The van der Waals surface area contributed by atoms with Crippen LogP contribution in [0.4, 0.5) is 4.79 Å². The van der Waals surface area contributed by atoms with E-state index >= 15 is 0 Å². The molecule has 4 nitrogen and oxygen atoms in total. The van der Waals surface area contributed by atoms with Gasteiger partial charge in [0.15, 0.2) is 0 Å². The molecule has 0 aliphatic carbocycles. The number of urea groups is 1. The molecular weight excluding hydrogens is 226 g/mol. The first-order chi connectivity index (χ1) is 8.66. The average Bonchev–Trinajstić information content (AvgIpc) is 2.40. The van der Waals surface area contributed by atoms with Crippen LogP contribution in [0.1, 0.15) is 18.4 Å². The number of piperidine rings is 1. The molecule has 1 saturated heterocycles. The predicted molar refractivity (Wildman–Crippen MR) is 72.0 cm³/mol. The largest absolute Gasteiger partial charge is 0.351 e. The minimum absolute atomic E-state index is 0.0922. The molecule has 4 heteroatoms. The molecule has 0 saturated carbocycles. The number of carbonyl (C=O) groups excluding carboxylic acids is 1. The van der Waals surface area contributed by atoms with Crippen LogP contribution >= 0.6 is 0 Å². The number of nitrogens with zero attached hydrogens (tertiary/aromatic N) is 1. The molecule has 1 fully saturated rings. The summed E-state index contributed by atoms with van der Waals surface area (Å²) in [6, 6.07) is 10.2. The number of hydrogen-bond acceptors (Lipinski definition) is 2. The van der Waals surface area contributed by atoms with Gasteiger partial charge in [-0.25, -0.2) is 4.79 Å². The zero-order valence-electron chi connectivity index (χ0n) is 10.8.